The number of hydrogen-bond acceptors (Lipinski definition) is 3. The van der Waals surface area contributed by atoms with Crippen LogP contribution in [0, 0.1) is 0 Å². The number of carbonyl (C=O) groups excluding carboxylic acids is 2. The number of halogens is 1. The molecule has 0 N–H and O–H groups in total. The van der Waals surface area contributed by atoms with E-state index in [0.717, 1.165) is 23.4 Å². The van der Waals surface area contributed by atoms with Crippen molar-refractivity contribution in [2.24, 2.45) is 0 Å². The molecular formula is C28H29ClN2O3. The number of methoxy groups -OCH3 is 1. The average molecular weight is 477 g/mol. The maximum atomic E-state index is 13.9. The second-order valence-electron chi connectivity index (χ2n) is 8.57. The molecule has 1 heterocycles. The molecule has 2 atom stereocenters. The maximum absolute atomic E-state index is 13.9. The molecule has 34 heavy (non-hydrogen) atoms. The predicted octanol–water partition coefficient (Wildman–Crippen LogP) is 6.31. The smallest absolute Gasteiger partial charge is 0.258 e. The predicted molar refractivity (Wildman–Crippen MR) is 137 cm³/mol. The van der Waals surface area contributed by atoms with Crippen molar-refractivity contribution in [3.8, 4) is 5.75 Å². The molecule has 0 aromatic heterocycles. The van der Waals surface area contributed by atoms with Crippen molar-refractivity contribution in [3.63, 3.8) is 0 Å². The Morgan fingerprint density at radius 1 is 1.03 bits per heavy atom. The fraction of sp³-hybridized carbons (Fsp3) is 0.286. The Morgan fingerprint density at radius 2 is 1.71 bits per heavy atom. The lowest BCUT2D eigenvalue weighted by Crippen LogP contribution is -2.47. The zero-order valence-electron chi connectivity index (χ0n) is 19.7. The van der Waals surface area contributed by atoms with Crippen molar-refractivity contribution in [1.29, 1.82) is 0 Å². The van der Waals surface area contributed by atoms with Crippen LogP contribution < -0.4 is 14.5 Å². The summed E-state index contributed by atoms with van der Waals surface area (Å²) in [5.41, 5.74) is 3.08. The molecule has 0 spiro atoms. The molecule has 0 saturated carbocycles. The normalized spacial score (nSPS) is 17.1. The van der Waals surface area contributed by atoms with Crippen molar-refractivity contribution in [1.82, 2.24) is 0 Å². The van der Waals surface area contributed by atoms with Crippen LogP contribution in [-0.2, 0) is 4.79 Å². The molecule has 4 rings (SSSR count). The Labute approximate surface area is 205 Å². The first-order chi connectivity index (χ1) is 16.4. The van der Waals surface area contributed by atoms with E-state index in [1.54, 1.807) is 43.5 Å². The standard InChI is InChI=1S/C28H29ClN2O3/c1-4-17-30(22-13-11-21(29)12-14-22)28(33)25-18-19(2)31(26-8-6-5-7-24(25)26)27(32)20-9-15-23(34-3)16-10-20/h5-16,19,25H,4,17-18H2,1-3H3/t19-,25-/m0/s1. The van der Waals surface area contributed by atoms with E-state index in [4.69, 9.17) is 16.3 Å². The third-order valence-electron chi connectivity index (χ3n) is 6.29. The summed E-state index contributed by atoms with van der Waals surface area (Å²) in [6, 6.07) is 22.1. The molecular weight excluding hydrogens is 448 g/mol. The third kappa shape index (κ3) is 4.66. The summed E-state index contributed by atoms with van der Waals surface area (Å²) in [4.78, 5) is 31.0. The maximum Gasteiger partial charge on any atom is 0.258 e. The minimum absolute atomic E-state index is 0.0417. The molecule has 1 aliphatic heterocycles. The van der Waals surface area contributed by atoms with Gasteiger partial charge in [0.1, 0.15) is 5.75 Å². The van der Waals surface area contributed by atoms with Gasteiger partial charge in [0.2, 0.25) is 5.91 Å². The number of anilines is 2. The van der Waals surface area contributed by atoms with Crippen LogP contribution >= 0.6 is 11.6 Å². The van der Waals surface area contributed by atoms with E-state index in [9.17, 15) is 9.59 Å². The van der Waals surface area contributed by atoms with Crippen molar-refractivity contribution in [2.45, 2.75) is 38.6 Å². The second-order valence-corrected chi connectivity index (χ2v) is 9.00. The zero-order chi connectivity index (χ0) is 24.2. The highest BCUT2D eigenvalue weighted by atomic mass is 35.5. The van der Waals surface area contributed by atoms with E-state index in [1.165, 1.54) is 0 Å². The average Bonchev–Trinajstić information content (AvgIpc) is 2.87. The van der Waals surface area contributed by atoms with Crippen LogP contribution in [0.2, 0.25) is 5.02 Å². The number of carbonyl (C=O) groups is 2. The second kappa shape index (κ2) is 10.3. The Kier molecular flexibility index (Phi) is 7.23. The van der Waals surface area contributed by atoms with Gasteiger partial charge in [0.25, 0.3) is 5.91 Å². The lowest BCUT2D eigenvalue weighted by molar-refractivity contribution is -0.120. The Morgan fingerprint density at radius 3 is 2.35 bits per heavy atom. The highest BCUT2D eigenvalue weighted by Crippen LogP contribution is 2.41. The summed E-state index contributed by atoms with van der Waals surface area (Å²) in [7, 11) is 1.60. The van der Waals surface area contributed by atoms with Crippen LogP contribution in [-0.4, -0.2) is 31.5 Å². The van der Waals surface area contributed by atoms with Crippen molar-refractivity contribution >= 4 is 34.8 Å². The molecule has 6 heteroatoms. The SMILES string of the molecule is CCCN(C(=O)[C@H]1C[C@H](C)N(C(=O)c2ccc(OC)cc2)c2ccccc21)c1ccc(Cl)cc1. The molecule has 0 radical (unpaired) electrons. The summed E-state index contributed by atoms with van der Waals surface area (Å²) >= 11 is 6.07. The fourth-order valence-electron chi connectivity index (χ4n) is 4.63. The number of hydrogen-bond donors (Lipinski definition) is 0. The number of benzene rings is 3. The van der Waals surface area contributed by atoms with Gasteiger partial charge >= 0.3 is 0 Å². The fourth-order valence-corrected chi connectivity index (χ4v) is 4.75. The number of rotatable bonds is 6. The van der Waals surface area contributed by atoms with Crippen LogP contribution in [0.1, 0.15) is 48.5 Å². The summed E-state index contributed by atoms with van der Waals surface area (Å²) in [6.45, 7) is 4.68. The van der Waals surface area contributed by atoms with Crippen LogP contribution in [0.3, 0.4) is 0 Å². The minimum atomic E-state index is -0.339. The summed E-state index contributed by atoms with van der Waals surface area (Å²) in [5, 5.41) is 0.636. The topological polar surface area (TPSA) is 49.9 Å². The van der Waals surface area contributed by atoms with Crippen molar-refractivity contribution in [3.05, 3.63) is 88.9 Å². The highest BCUT2D eigenvalue weighted by molar-refractivity contribution is 6.30. The van der Waals surface area contributed by atoms with E-state index in [2.05, 4.69) is 6.92 Å². The molecule has 5 nitrogen and oxygen atoms in total. The lowest BCUT2D eigenvalue weighted by atomic mass is 9.84. The first kappa shape index (κ1) is 23.8. The van der Waals surface area contributed by atoms with E-state index < -0.39 is 0 Å². The molecule has 0 unspecified atom stereocenters. The lowest BCUT2D eigenvalue weighted by Gasteiger charge is -2.40. The van der Waals surface area contributed by atoms with Gasteiger partial charge in [-0.2, -0.15) is 0 Å². The van der Waals surface area contributed by atoms with Gasteiger partial charge in [-0.25, -0.2) is 0 Å². The number of ether oxygens (including phenoxy) is 1. The Hall–Kier alpha value is -3.31. The van der Waals surface area contributed by atoms with E-state index >= 15 is 0 Å². The molecule has 2 amide bonds. The van der Waals surface area contributed by atoms with Gasteiger partial charge in [0.05, 0.1) is 13.0 Å². The van der Waals surface area contributed by atoms with E-state index in [1.807, 2.05) is 53.1 Å². The van der Waals surface area contributed by atoms with Gasteiger partial charge in [0, 0.05) is 34.5 Å². The van der Waals surface area contributed by atoms with Gasteiger partial charge in [0.15, 0.2) is 0 Å². The molecule has 176 valence electrons. The van der Waals surface area contributed by atoms with Crippen LogP contribution in [0.5, 0.6) is 5.75 Å². The summed E-state index contributed by atoms with van der Waals surface area (Å²) in [6.07, 6.45) is 1.38. The number of fused-ring (bicyclic) bond motifs is 1. The molecule has 1 aliphatic rings. The third-order valence-corrected chi connectivity index (χ3v) is 6.55. The van der Waals surface area contributed by atoms with Gasteiger partial charge < -0.3 is 14.5 Å². The Bertz CT molecular complexity index is 1160. The molecule has 3 aromatic rings. The van der Waals surface area contributed by atoms with Crippen LogP contribution in [0.4, 0.5) is 11.4 Å². The van der Waals surface area contributed by atoms with Crippen LogP contribution in [0.15, 0.2) is 72.8 Å². The van der Waals surface area contributed by atoms with Gasteiger partial charge in [-0.05, 0) is 79.9 Å². The molecule has 0 saturated heterocycles. The molecule has 0 bridgehead atoms. The monoisotopic (exact) mass is 476 g/mol. The van der Waals surface area contributed by atoms with E-state index in [-0.39, 0.29) is 23.8 Å². The quantitative estimate of drug-likeness (QED) is 0.418. The largest absolute Gasteiger partial charge is 0.497 e. The number of amides is 2. The minimum Gasteiger partial charge on any atom is -0.497 e. The van der Waals surface area contributed by atoms with Crippen molar-refractivity contribution in [2.75, 3.05) is 23.5 Å². The zero-order valence-corrected chi connectivity index (χ0v) is 20.5. The summed E-state index contributed by atoms with van der Waals surface area (Å²) in [5.74, 6) is 0.317. The van der Waals surface area contributed by atoms with Gasteiger partial charge in [-0.3, -0.25) is 9.59 Å². The number of nitrogens with zero attached hydrogens (tertiary/aromatic N) is 2. The van der Waals surface area contributed by atoms with Gasteiger partial charge in [-0.1, -0.05) is 36.7 Å². The van der Waals surface area contributed by atoms with Crippen LogP contribution in [0.25, 0.3) is 0 Å². The molecule has 3 aromatic carbocycles. The van der Waals surface area contributed by atoms with Gasteiger partial charge in [-0.15, -0.1) is 0 Å². The number of para-hydroxylation sites is 1. The first-order valence-electron chi connectivity index (χ1n) is 11.6. The highest BCUT2D eigenvalue weighted by Gasteiger charge is 2.39. The first-order valence-corrected chi connectivity index (χ1v) is 12.0. The van der Waals surface area contributed by atoms with E-state index in [0.29, 0.717) is 29.3 Å². The summed E-state index contributed by atoms with van der Waals surface area (Å²) < 4.78 is 5.22. The molecule has 0 aliphatic carbocycles. The Balaban J connectivity index is 1.69. The van der Waals surface area contributed by atoms with Crippen molar-refractivity contribution < 1.29 is 14.3 Å². The molecule has 0 fully saturated rings.